The lowest BCUT2D eigenvalue weighted by atomic mass is 10.0. The first kappa shape index (κ1) is 23.4. The van der Waals surface area contributed by atoms with Crippen molar-refractivity contribution in [1.82, 2.24) is 20.6 Å². The number of hydrogen-bond acceptors (Lipinski definition) is 6. The van der Waals surface area contributed by atoms with E-state index in [0.717, 1.165) is 30.5 Å². The second-order valence-electron chi connectivity index (χ2n) is 6.26. The number of ether oxygens (including phenoxy) is 2. The van der Waals surface area contributed by atoms with E-state index < -0.39 is 53.3 Å². The Kier molecular flexibility index (Phi) is 6.34. The van der Waals surface area contributed by atoms with Gasteiger partial charge in [-0.25, -0.2) is 14.8 Å². The van der Waals surface area contributed by atoms with Gasteiger partial charge in [-0.2, -0.15) is 13.2 Å². The van der Waals surface area contributed by atoms with Gasteiger partial charge in [0.25, 0.3) is 5.91 Å². The van der Waals surface area contributed by atoms with Crippen LogP contribution < -0.4 is 15.4 Å². The molecule has 1 saturated heterocycles. The zero-order valence-electron chi connectivity index (χ0n) is 15.4. The summed E-state index contributed by atoms with van der Waals surface area (Å²) in [5, 5.41) is 4.05. The number of rotatable bonds is 5. The number of alkyl carbamates (subject to hydrolysis) is 1. The molecule has 0 spiro atoms. The van der Waals surface area contributed by atoms with Crippen LogP contribution in [-0.4, -0.2) is 41.0 Å². The summed E-state index contributed by atoms with van der Waals surface area (Å²) < 4.78 is 85.0. The summed E-state index contributed by atoms with van der Waals surface area (Å²) in [5.41, 5.74) is -0.375. The number of benzene rings is 1. The number of hydrogen-bond donors (Lipinski definition) is 2. The molecule has 32 heavy (non-hydrogen) atoms. The van der Waals surface area contributed by atoms with Crippen molar-refractivity contribution >= 4 is 23.6 Å². The lowest BCUT2D eigenvalue weighted by Gasteiger charge is -2.22. The third-order valence-corrected chi connectivity index (χ3v) is 4.30. The summed E-state index contributed by atoms with van der Waals surface area (Å²) in [6.45, 7) is -0.200. The van der Waals surface area contributed by atoms with Crippen LogP contribution in [0.15, 0.2) is 30.5 Å². The van der Waals surface area contributed by atoms with Crippen molar-refractivity contribution in [3.63, 3.8) is 0 Å². The van der Waals surface area contributed by atoms with Gasteiger partial charge in [0.1, 0.15) is 5.75 Å². The fourth-order valence-electron chi connectivity index (χ4n) is 2.67. The van der Waals surface area contributed by atoms with Gasteiger partial charge in [-0.1, -0.05) is 17.7 Å². The molecule has 3 rings (SSSR count). The highest BCUT2D eigenvalue weighted by atomic mass is 35.5. The Morgan fingerprint density at radius 1 is 1.25 bits per heavy atom. The molecule has 2 N–H and O–H groups in total. The number of halogens is 7. The summed E-state index contributed by atoms with van der Waals surface area (Å²) in [5.74, 6) is -3.17. The van der Waals surface area contributed by atoms with Crippen LogP contribution in [-0.2, 0) is 15.7 Å². The molecule has 1 aliphatic heterocycles. The summed E-state index contributed by atoms with van der Waals surface area (Å²) in [4.78, 5) is 30.1. The van der Waals surface area contributed by atoms with Crippen molar-refractivity contribution in [3.8, 4) is 5.75 Å². The fourth-order valence-corrected chi connectivity index (χ4v) is 2.90. The number of nitrogens with zero attached hydrogens (tertiary/aromatic N) is 2. The number of alkyl halides is 6. The largest absolute Gasteiger partial charge is 0.573 e. The quantitative estimate of drug-likeness (QED) is 0.631. The van der Waals surface area contributed by atoms with Gasteiger partial charge in [0.2, 0.25) is 5.82 Å². The lowest BCUT2D eigenvalue weighted by molar-refractivity contribution is -0.274. The zero-order valence-corrected chi connectivity index (χ0v) is 16.2. The van der Waals surface area contributed by atoms with Crippen LogP contribution in [0.4, 0.5) is 31.1 Å². The van der Waals surface area contributed by atoms with E-state index in [4.69, 9.17) is 16.3 Å². The van der Waals surface area contributed by atoms with Crippen LogP contribution >= 0.6 is 11.6 Å². The van der Waals surface area contributed by atoms with Crippen molar-refractivity contribution < 1.29 is 45.4 Å². The van der Waals surface area contributed by atoms with Crippen LogP contribution in [0.3, 0.4) is 0 Å². The number of cyclic esters (lactones) is 1. The van der Waals surface area contributed by atoms with Crippen molar-refractivity contribution in [2.45, 2.75) is 24.7 Å². The van der Waals surface area contributed by atoms with E-state index in [0.29, 0.717) is 0 Å². The third-order valence-electron chi connectivity index (χ3n) is 4.00. The monoisotopic (exact) mass is 484 g/mol. The minimum absolute atomic E-state index is 0.0259. The van der Waals surface area contributed by atoms with Crippen molar-refractivity contribution in [1.29, 1.82) is 0 Å². The summed E-state index contributed by atoms with van der Waals surface area (Å²) in [6, 6.07) is 2.48. The molecular weight excluding hydrogens is 474 g/mol. The molecule has 0 aliphatic carbocycles. The number of carbonyl (C=O) groups is 2. The maximum Gasteiger partial charge on any atom is 0.573 e. The molecule has 15 heteroatoms. The smallest absolute Gasteiger partial charge is 0.434 e. The topological polar surface area (TPSA) is 102 Å². The molecule has 172 valence electrons. The lowest BCUT2D eigenvalue weighted by Crippen LogP contribution is -2.39. The Balaban J connectivity index is 1.98. The Morgan fingerprint density at radius 3 is 2.53 bits per heavy atom. The second-order valence-corrected chi connectivity index (χ2v) is 6.66. The molecular formula is C17H11ClF6N4O4. The van der Waals surface area contributed by atoms with E-state index in [1.165, 1.54) is 0 Å². The van der Waals surface area contributed by atoms with E-state index in [1.807, 2.05) is 0 Å². The molecule has 0 saturated carbocycles. The molecule has 0 unspecified atom stereocenters. The maximum absolute atomic E-state index is 13.0. The summed E-state index contributed by atoms with van der Waals surface area (Å²) in [7, 11) is 0. The van der Waals surface area contributed by atoms with Crippen LogP contribution in [0.25, 0.3) is 0 Å². The normalized spacial score (nSPS) is 17.3. The first-order valence-corrected chi connectivity index (χ1v) is 8.91. The van der Waals surface area contributed by atoms with Gasteiger partial charge >= 0.3 is 18.6 Å². The summed E-state index contributed by atoms with van der Waals surface area (Å²) in [6.07, 6.45) is -11.3. The second kappa shape index (κ2) is 8.68. The number of carbonyl (C=O) groups excluding carboxylic acids is 2. The van der Waals surface area contributed by atoms with Crippen molar-refractivity contribution in [2.24, 2.45) is 0 Å². The van der Waals surface area contributed by atoms with E-state index in [1.54, 1.807) is 0 Å². The predicted octanol–water partition coefficient (Wildman–Crippen LogP) is 3.36. The molecule has 8 nitrogen and oxygen atoms in total. The van der Waals surface area contributed by atoms with Gasteiger partial charge in [0.15, 0.2) is 6.10 Å². The molecule has 1 aromatic heterocycles. The Bertz CT molecular complexity index is 1030. The fraction of sp³-hybridized carbons (Fsp3) is 0.294. The van der Waals surface area contributed by atoms with Crippen molar-refractivity contribution in [2.75, 3.05) is 6.54 Å². The maximum atomic E-state index is 13.0. The van der Waals surface area contributed by atoms with Gasteiger partial charge in [-0.05, 0) is 23.8 Å². The number of amides is 2. The molecule has 1 aromatic carbocycles. The molecule has 2 amide bonds. The highest BCUT2D eigenvalue weighted by Gasteiger charge is 2.37. The SMILES string of the molecule is O=C1NC[C@@H](C(=O)N[C@@H](c2ccc(OC(F)(F)F)c(Cl)c2)c2ccnc(C(F)(F)F)n2)O1. The van der Waals surface area contributed by atoms with Crippen LogP contribution in [0.2, 0.25) is 5.02 Å². The first-order chi connectivity index (χ1) is 14.8. The van der Waals surface area contributed by atoms with Gasteiger partial charge < -0.3 is 20.1 Å². The van der Waals surface area contributed by atoms with E-state index in [-0.39, 0.29) is 17.8 Å². The molecule has 2 heterocycles. The van der Waals surface area contributed by atoms with Crippen molar-refractivity contribution in [3.05, 3.63) is 52.6 Å². The van der Waals surface area contributed by atoms with E-state index in [9.17, 15) is 35.9 Å². The van der Waals surface area contributed by atoms with Crippen LogP contribution in [0, 0.1) is 0 Å². The standard InChI is InChI=1S/C17H11ClF6N4O4/c18-8-5-7(1-2-10(8)32-17(22,23)24)12(28-13(29)11-6-26-15(30)31-11)9-3-4-25-14(27-9)16(19,20)21/h1-5,11-12H,6H2,(H,26,30)(H,28,29)/t11-,12-/m0/s1. The van der Waals surface area contributed by atoms with Crippen LogP contribution in [0.5, 0.6) is 5.75 Å². The third kappa shape index (κ3) is 5.69. The summed E-state index contributed by atoms with van der Waals surface area (Å²) >= 11 is 5.82. The van der Waals surface area contributed by atoms with Gasteiger partial charge in [0, 0.05) is 6.20 Å². The van der Waals surface area contributed by atoms with Gasteiger partial charge in [0.05, 0.1) is 23.3 Å². The molecule has 0 bridgehead atoms. The van der Waals surface area contributed by atoms with Gasteiger partial charge in [-0.3, -0.25) is 4.79 Å². The molecule has 2 atom stereocenters. The molecule has 0 radical (unpaired) electrons. The zero-order chi connectivity index (χ0) is 23.7. The highest BCUT2D eigenvalue weighted by Crippen LogP contribution is 2.34. The number of aromatic nitrogens is 2. The Hall–Kier alpha value is -3.29. The average Bonchev–Trinajstić information content (AvgIpc) is 3.12. The minimum Gasteiger partial charge on any atom is -0.434 e. The Labute approximate surface area is 179 Å². The van der Waals surface area contributed by atoms with Gasteiger partial charge in [-0.15, -0.1) is 13.2 Å². The highest BCUT2D eigenvalue weighted by molar-refractivity contribution is 6.32. The average molecular weight is 485 g/mol. The first-order valence-electron chi connectivity index (χ1n) is 8.53. The van der Waals surface area contributed by atoms with E-state index in [2.05, 4.69) is 25.3 Å². The molecule has 1 fully saturated rings. The van der Waals surface area contributed by atoms with E-state index >= 15 is 0 Å². The predicted molar refractivity (Wildman–Crippen MR) is 93.4 cm³/mol. The Morgan fingerprint density at radius 2 is 1.97 bits per heavy atom. The minimum atomic E-state index is -5.04. The molecule has 1 aliphatic rings. The number of nitrogens with one attached hydrogen (secondary N) is 2. The molecule has 2 aromatic rings. The van der Waals surface area contributed by atoms with Crippen LogP contribution in [0.1, 0.15) is 23.1 Å².